The molecule has 0 amide bonds. The van der Waals surface area contributed by atoms with Crippen LogP contribution in [0.15, 0.2) is 66.9 Å². The topological polar surface area (TPSA) is 61.8 Å². The molecule has 0 N–H and O–H groups in total. The Morgan fingerprint density at radius 3 is 1.04 bits per heavy atom. The highest BCUT2D eigenvalue weighted by atomic mass is 19.2. The third kappa shape index (κ3) is 8.05. The highest BCUT2D eigenvalue weighted by Gasteiger charge is 2.52. The van der Waals surface area contributed by atoms with Crippen molar-refractivity contribution < 1.29 is 102 Å². The Kier molecular flexibility index (Phi) is 14.0. The normalized spacial score (nSPS) is 11.4. The summed E-state index contributed by atoms with van der Waals surface area (Å²) in [4.78, 5) is 24.9. The number of rotatable bonds is 9. The molecule has 0 aliphatic carbocycles. The number of halogens is 20. The van der Waals surface area contributed by atoms with E-state index in [9.17, 15) is 62.3 Å². The van der Waals surface area contributed by atoms with E-state index in [1.165, 1.54) is 0 Å². The summed E-state index contributed by atoms with van der Waals surface area (Å²) in [6.45, 7) is 0.0569. The molecule has 0 spiro atoms. The Morgan fingerprint density at radius 1 is 0.406 bits per heavy atom. The SMILES string of the molecule is Fc1c(F)c(F)c([B-](c2c(F)c(F)c(F)c(F)c2F)(c2c(F)c(F)c(F)c(F)c2F)c2c(F)c(F)c(F)c(F)c2F)c(F)c1F.N#CCC(=O)c1c2ccccc2cc[n+]1CC(=O)c1ccccc1. The lowest BCUT2D eigenvalue weighted by Crippen LogP contribution is -2.81. The zero-order valence-corrected chi connectivity index (χ0v) is 33.1. The van der Waals surface area contributed by atoms with Gasteiger partial charge in [-0.1, -0.05) is 48.5 Å². The molecule has 0 unspecified atom stereocenters. The van der Waals surface area contributed by atoms with Crippen molar-refractivity contribution in [2.75, 3.05) is 0 Å². The molecule has 1 aromatic heterocycles. The number of benzene rings is 6. The van der Waals surface area contributed by atoms with Gasteiger partial charge in [0.05, 0.1) is 11.5 Å². The summed E-state index contributed by atoms with van der Waals surface area (Å²) in [5, 5.41) is 10.5. The standard InChI is InChI=1S/C24BF20.C20H15N2O2/c26-5-1(6(27)14(35)21(42)13(5)34)25(2-7(28)15(36)22(43)16(37)8(2)29,3-9(30)17(38)23(44)18(39)10(3)31)4-11(32)19(40)24(45)20(41)12(4)33;21-12-10-18(23)20-17-9-5-4-6-15(17)11-13-22(20)14-19(24)16-7-2-1-3-8-16/h;1-9,11,13H,10,14H2/q-1;+1. The van der Waals surface area contributed by atoms with Crippen LogP contribution in [0.25, 0.3) is 10.8 Å². The van der Waals surface area contributed by atoms with E-state index in [4.69, 9.17) is 5.26 Å². The average molecular weight is 994 g/mol. The van der Waals surface area contributed by atoms with Crippen molar-refractivity contribution in [1.82, 2.24) is 0 Å². The molecule has 0 aliphatic rings. The van der Waals surface area contributed by atoms with Gasteiger partial charge in [0, 0.05) is 11.6 Å². The number of hydrogen-bond acceptors (Lipinski definition) is 3. The van der Waals surface area contributed by atoms with Gasteiger partial charge in [-0.25, -0.2) is 87.8 Å². The molecule has 69 heavy (non-hydrogen) atoms. The van der Waals surface area contributed by atoms with Gasteiger partial charge >= 0.3 is 0 Å². The lowest BCUT2D eigenvalue weighted by Gasteiger charge is -2.44. The highest BCUT2D eigenvalue weighted by molar-refractivity contribution is 7.20. The highest BCUT2D eigenvalue weighted by Crippen LogP contribution is 2.31. The van der Waals surface area contributed by atoms with Crippen LogP contribution in [0.5, 0.6) is 0 Å². The van der Waals surface area contributed by atoms with E-state index in [-0.39, 0.29) is 24.5 Å². The van der Waals surface area contributed by atoms with Crippen LogP contribution >= 0.6 is 0 Å². The second-order valence-electron chi connectivity index (χ2n) is 14.2. The number of hydrogen-bond donors (Lipinski definition) is 0. The molecule has 7 aromatic rings. The van der Waals surface area contributed by atoms with Crippen LogP contribution in [0.4, 0.5) is 87.8 Å². The number of nitrogens with zero attached hydrogens (tertiary/aromatic N) is 2. The van der Waals surface area contributed by atoms with E-state index < -0.39 is 144 Å². The number of ketones is 2. The van der Waals surface area contributed by atoms with Crippen molar-refractivity contribution in [3.8, 4) is 6.07 Å². The van der Waals surface area contributed by atoms with Gasteiger partial charge in [-0.05, 0) is 11.5 Å². The molecule has 0 saturated carbocycles. The van der Waals surface area contributed by atoms with Gasteiger partial charge in [0.25, 0.3) is 5.69 Å². The molecule has 0 fully saturated rings. The number of Topliss-reactive ketones (excluding diaryl/α,β-unsaturated/α-hetero) is 2. The van der Waals surface area contributed by atoms with Crippen molar-refractivity contribution in [2.24, 2.45) is 0 Å². The lowest BCUT2D eigenvalue weighted by molar-refractivity contribution is -0.683. The third-order valence-corrected chi connectivity index (χ3v) is 10.6. The van der Waals surface area contributed by atoms with Gasteiger partial charge in [0.2, 0.25) is 18.1 Å². The van der Waals surface area contributed by atoms with Crippen molar-refractivity contribution >= 4 is 50.3 Å². The summed E-state index contributed by atoms with van der Waals surface area (Å²) in [5.74, 6) is -71.8. The van der Waals surface area contributed by atoms with Crippen LogP contribution in [0, 0.1) is 128 Å². The number of fused-ring (bicyclic) bond motifs is 1. The molecule has 4 nitrogen and oxygen atoms in total. The molecule has 0 radical (unpaired) electrons. The lowest BCUT2D eigenvalue weighted by atomic mass is 9.12. The first-order valence-electron chi connectivity index (χ1n) is 18.5. The predicted octanol–water partition coefficient (Wildman–Crippen LogP) is 8.95. The molecule has 0 atom stereocenters. The smallest absolute Gasteiger partial charge is 0.258 e. The van der Waals surface area contributed by atoms with E-state index in [2.05, 4.69) is 0 Å². The second kappa shape index (κ2) is 19.1. The Hall–Kier alpha value is -7.78. The van der Waals surface area contributed by atoms with Crippen LogP contribution in [0.3, 0.4) is 0 Å². The molecule has 0 bridgehead atoms. The number of carbonyl (C=O) groups excluding carboxylic acids is 2. The van der Waals surface area contributed by atoms with E-state index in [0.717, 1.165) is 10.8 Å². The van der Waals surface area contributed by atoms with Crippen LogP contribution in [0.2, 0.25) is 0 Å². The summed E-state index contributed by atoms with van der Waals surface area (Å²) in [5.41, 5.74) is -13.3. The molecule has 356 valence electrons. The maximum absolute atomic E-state index is 15.4. The number of pyridine rings is 1. The van der Waals surface area contributed by atoms with Crippen molar-refractivity contribution in [1.29, 1.82) is 5.26 Å². The fraction of sp³-hybridized carbons (Fsp3) is 0.0455. The summed E-state index contributed by atoms with van der Waals surface area (Å²) < 4.78 is 296. The third-order valence-electron chi connectivity index (χ3n) is 10.6. The Balaban J connectivity index is 0.000000273. The molecule has 0 aliphatic heterocycles. The number of carbonyl (C=O) groups is 2. The molecule has 25 heteroatoms. The number of aromatic nitrogens is 1. The summed E-state index contributed by atoms with van der Waals surface area (Å²) in [6.07, 6.45) is -5.70. The van der Waals surface area contributed by atoms with E-state index in [0.29, 0.717) is 11.3 Å². The summed E-state index contributed by atoms with van der Waals surface area (Å²) in [7, 11) is 0. The minimum Gasteiger partial charge on any atom is -0.287 e. The maximum atomic E-state index is 15.4. The van der Waals surface area contributed by atoms with Gasteiger partial charge in [0.1, 0.15) is 59.1 Å². The zero-order valence-electron chi connectivity index (χ0n) is 33.1. The molecule has 1 heterocycles. The molecular weight excluding hydrogens is 979 g/mol. The van der Waals surface area contributed by atoms with Crippen LogP contribution in [-0.2, 0) is 6.54 Å². The monoisotopic (exact) mass is 994 g/mol. The molecule has 7 rings (SSSR count). The number of nitriles is 1. The largest absolute Gasteiger partial charge is 0.287 e. The predicted molar refractivity (Wildman–Crippen MR) is 199 cm³/mol. The minimum absolute atomic E-state index is 0.0569. The van der Waals surface area contributed by atoms with Crippen LogP contribution in [0.1, 0.15) is 27.3 Å². The van der Waals surface area contributed by atoms with Crippen molar-refractivity contribution in [3.63, 3.8) is 0 Å². The fourth-order valence-electron chi connectivity index (χ4n) is 7.60. The second-order valence-corrected chi connectivity index (χ2v) is 14.2. The van der Waals surface area contributed by atoms with Crippen LogP contribution in [-0.4, -0.2) is 17.7 Å². The first-order chi connectivity index (χ1) is 32.4. The summed E-state index contributed by atoms with van der Waals surface area (Å²) in [6, 6.07) is 20.2. The van der Waals surface area contributed by atoms with Crippen molar-refractivity contribution in [2.45, 2.75) is 13.0 Å². The first-order valence-corrected chi connectivity index (χ1v) is 18.5. The van der Waals surface area contributed by atoms with E-state index in [1.807, 2.05) is 42.5 Å². The van der Waals surface area contributed by atoms with Crippen LogP contribution < -0.4 is 26.4 Å². The van der Waals surface area contributed by atoms with E-state index >= 15 is 35.1 Å². The van der Waals surface area contributed by atoms with Gasteiger partial charge in [-0.15, -0.1) is 21.9 Å². The Labute approximate surface area is 370 Å². The first kappa shape index (κ1) is 50.6. The van der Waals surface area contributed by atoms with Gasteiger partial charge < -0.3 is 0 Å². The van der Waals surface area contributed by atoms with Gasteiger partial charge in [0.15, 0.2) is 76.0 Å². The van der Waals surface area contributed by atoms with Gasteiger partial charge in [-0.3, -0.25) is 9.59 Å². The zero-order chi connectivity index (χ0) is 51.3. The molecular formula is C44H15BF20N2O2. The Morgan fingerprint density at radius 2 is 0.710 bits per heavy atom. The van der Waals surface area contributed by atoms with Crippen molar-refractivity contribution in [3.05, 3.63) is 194 Å². The molecule has 0 saturated heterocycles. The quantitative estimate of drug-likeness (QED) is 0.0363. The minimum atomic E-state index is -7.22. The maximum Gasteiger partial charge on any atom is 0.258 e. The summed E-state index contributed by atoms with van der Waals surface area (Å²) >= 11 is 0. The molecule has 6 aromatic carbocycles. The Bertz CT molecular complexity index is 2960. The van der Waals surface area contributed by atoms with Gasteiger partial charge in [-0.2, -0.15) is 9.83 Å². The fourth-order valence-corrected chi connectivity index (χ4v) is 7.60. The average Bonchev–Trinajstić information content (AvgIpc) is 3.34. The van der Waals surface area contributed by atoms with E-state index in [1.54, 1.807) is 35.0 Å².